The number of aliphatic hydroxyl groups excluding tert-OH is 1. The van der Waals surface area contributed by atoms with Gasteiger partial charge in [0.25, 0.3) is 0 Å². The third kappa shape index (κ3) is 10.7. The number of aliphatic hydroxyl groups is 1. The van der Waals surface area contributed by atoms with Gasteiger partial charge in [0, 0.05) is 42.9 Å². The quantitative estimate of drug-likeness (QED) is 0.750. The van der Waals surface area contributed by atoms with Crippen molar-refractivity contribution in [1.82, 2.24) is 10.2 Å². The smallest absolute Gasteiger partial charge is 0.317 e. The first-order valence-corrected chi connectivity index (χ1v) is 10.4. The van der Waals surface area contributed by atoms with Gasteiger partial charge in [-0.15, -0.1) is 0 Å². The summed E-state index contributed by atoms with van der Waals surface area (Å²) >= 11 is 3.44. The molecule has 2 N–H and O–H groups in total. The number of benzene rings is 1. The topological polar surface area (TPSA) is 55.8 Å². The lowest BCUT2D eigenvalue weighted by atomic mass is 10.3. The van der Waals surface area contributed by atoms with E-state index in [9.17, 15) is 4.79 Å². The highest BCUT2D eigenvalue weighted by Gasteiger charge is 2.18. The molecule has 0 aromatic heterocycles. The molecule has 1 aliphatic heterocycles. The lowest BCUT2D eigenvalue weighted by Gasteiger charge is -2.23. The predicted octanol–water partition coefficient (Wildman–Crippen LogP) is 4.35. The van der Waals surface area contributed by atoms with Crippen molar-refractivity contribution in [3.63, 3.8) is 0 Å². The summed E-state index contributed by atoms with van der Waals surface area (Å²) in [6, 6.07) is 8.16. The van der Waals surface area contributed by atoms with Gasteiger partial charge in [0.15, 0.2) is 0 Å². The van der Waals surface area contributed by atoms with Crippen LogP contribution in [0.25, 0.3) is 0 Å². The average Bonchev–Trinajstić information content (AvgIpc) is 2.88. The lowest BCUT2D eigenvalue weighted by Crippen LogP contribution is -2.42. The summed E-state index contributed by atoms with van der Waals surface area (Å²) < 4.78 is 1.07. The first-order valence-electron chi connectivity index (χ1n) is 9.58. The number of urea groups is 1. The summed E-state index contributed by atoms with van der Waals surface area (Å²) in [6.07, 6.45) is 0.947. The van der Waals surface area contributed by atoms with Crippen LogP contribution in [-0.2, 0) is 0 Å². The third-order valence-corrected chi connectivity index (χ3v) is 3.89. The number of carbonyl (C=O) groups excluding carboxylic acids is 1. The Morgan fingerprint density at radius 1 is 1.12 bits per heavy atom. The van der Waals surface area contributed by atoms with Crippen LogP contribution in [0.15, 0.2) is 28.7 Å². The number of hydrogen-bond acceptors (Lipinski definition) is 3. The average molecular weight is 430 g/mol. The SMILES string of the molecule is CC.CC(C)C.O=C(NCCO)N1CCCN(c2ccc(Br)cc2)CC1. The minimum atomic E-state index is -0.0864. The second kappa shape index (κ2) is 14.9. The van der Waals surface area contributed by atoms with E-state index in [1.54, 1.807) is 0 Å². The lowest BCUT2D eigenvalue weighted by molar-refractivity contribution is 0.197. The van der Waals surface area contributed by atoms with Crippen LogP contribution in [0.1, 0.15) is 41.0 Å². The van der Waals surface area contributed by atoms with Gasteiger partial charge >= 0.3 is 6.03 Å². The van der Waals surface area contributed by atoms with Gasteiger partial charge in [-0.25, -0.2) is 4.79 Å². The fourth-order valence-electron chi connectivity index (χ4n) is 2.31. The standard InChI is InChI=1S/C14H20BrN3O2.C4H10.C2H6/c15-12-2-4-13(5-3-12)17-7-1-8-18(10-9-17)14(20)16-6-11-19;1-4(2)3;1-2/h2-5,19H,1,6-11H2,(H,16,20);4H,1-3H3;1-2H3. The van der Waals surface area contributed by atoms with Gasteiger partial charge in [-0.1, -0.05) is 50.5 Å². The molecule has 0 saturated carbocycles. The molecule has 0 bridgehead atoms. The summed E-state index contributed by atoms with van der Waals surface area (Å²) in [4.78, 5) is 16.0. The van der Waals surface area contributed by atoms with Crippen molar-refractivity contribution in [3.05, 3.63) is 28.7 Å². The highest BCUT2D eigenvalue weighted by molar-refractivity contribution is 9.10. The summed E-state index contributed by atoms with van der Waals surface area (Å²) in [5.41, 5.74) is 1.19. The maximum Gasteiger partial charge on any atom is 0.317 e. The van der Waals surface area contributed by atoms with Crippen LogP contribution in [-0.4, -0.2) is 55.4 Å². The zero-order valence-electron chi connectivity index (χ0n) is 17.0. The molecular weight excluding hydrogens is 394 g/mol. The number of hydrogen-bond donors (Lipinski definition) is 2. The molecule has 0 aliphatic carbocycles. The van der Waals surface area contributed by atoms with E-state index < -0.39 is 0 Å². The number of carbonyl (C=O) groups is 1. The summed E-state index contributed by atoms with van der Waals surface area (Å²) in [7, 11) is 0. The molecule has 1 fully saturated rings. The van der Waals surface area contributed by atoms with Crippen LogP contribution < -0.4 is 10.2 Å². The molecule has 0 unspecified atom stereocenters. The van der Waals surface area contributed by atoms with E-state index in [2.05, 4.69) is 59.1 Å². The second-order valence-electron chi connectivity index (χ2n) is 6.49. The van der Waals surface area contributed by atoms with E-state index in [1.165, 1.54) is 5.69 Å². The van der Waals surface area contributed by atoms with Crippen molar-refractivity contribution in [2.24, 2.45) is 5.92 Å². The van der Waals surface area contributed by atoms with Crippen molar-refractivity contribution in [2.45, 2.75) is 41.0 Å². The fourth-order valence-corrected chi connectivity index (χ4v) is 2.57. The van der Waals surface area contributed by atoms with Crippen LogP contribution in [0, 0.1) is 5.92 Å². The van der Waals surface area contributed by atoms with Gasteiger partial charge in [-0.2, -0.15) is 0 Å². The van der Waals surface area contributed by atoms with Crippen LogP contribution in [0.5, 0.6) is 0 Å². The third-order valence-electron chi connectivity index (χ3n) is 3.36. The van der Waals surface area contributed by atoms with Crippen molar-refractivity contribution in [1.29, 1.82) is 0 Å². The molecule has 1 saturated heterocycles. The van der Waals surface area contributed by atoms with E-state index >= 15 is 0 Å². The summed E-state index contributed by atoms with van der Waals surface area (Å²) in [5.74, 6) is 0.833. The molecule has 0 spiro atoms. The Morgan fingerprint density at radius 3 is 2.23 bits per heavy atom. The van der Waals surface area contributed by atoms with E-state index in [1.807, 2.05) is 30.9 Å². The van der Waals surface area contributed by atoms with Crippen molar-refractivity contribution in [2.75, 3.05) is 44.2 Å². The molecule has 2 rings (SSSR count). The molecule has 1 aliphatic rings. The van der Waals surface area contributed by atoms with Gasteiger partial charge in [-0.05, 0) is 36.6 Å². The minimum absolute atomic E-state index is 0.0232. The molecule has 1 aromatic carbocycles. The maximum atomic E-state index is 11.9. The van der Waals surface area contributed by atoms with E-state index in [4.69, 9.17) is 5.11 Å². The summed E-state index contributed by atoms with van der Waals surface area (Å²) in [5, 5.41) is 11.4. The zero-order chi connectivity index (χ0) is 19.9. The molecule has 0 radical (unpaired) electrons. The summed E-state index contributed by atoms with van der Waals surface area (Å²) in [6.45, 7) is 14.0. The van der Waals surface area contributed by atoms with Crippen molar-refractivity contribution >= 4 is 27.6 Å². The molecular formula is C20H36BrN3O2. The number of halogens is 1. The van der Waals surface area contributed by atoms with Gasteiger partial charge in [-0.3, -0.25) is 0 Å². The number of amides is 2. The van der Waals surface area contributed by atoms with Gasteiger partial charge < -0.3 is 20.2 Å². The number of anilines is 1. The minimum Gasteiger partial charge on any atom is -0.395 e. The Balaban J connectivity index is 0.000000920. The predicted molar refractivity (Wildman–Crippen MR) is 115 cm³/mol. The zero-order valence-corrected chi connectivity index (χ0v) is 18.6. The van der Waals surface area contributed by atoms with E-state index in [-0.39, 0.29) is 12.6 Å². The molecule has 6 heteroatoms. The molecule has 1 aromatic rings. The highest BCUT2D eigenvalue weighted by atomic mass is 79.9. The molecule has 26 heavy (non-hydrogen) atoms. The largest absolute Gasteiger partial charge is 0.395 e. The Hall–Kier alpha value is -1.27. The van der Waals surface area contributed by atoms with E-state index in [0.29, 0.717) is 13.1 Å². The first-order chi connectivity index (χ1) is 12.4. The molecule has 0 atom stereocenters. The van der Waals surface area contributed by atoms with Crippen molar-refractivity contribution < 1.29 is 9.90 Å². The monoisotopic (exact) mass is 429 g/mol. The number of rotatable bonds is 3. The number of nitrogens with one attached hydrogen (secondary N) is 1. The van der Waals surface area contributed by atoms with E-state index in [0.717, 1.165) is 36.4 Å². The highest BCUT2D eigenvalue weighted by Crippen LogP contribution is 2.19. The fraction of sp³-hybridized carbons (Fsp3) is 0.650. The normalized spacial score (nSPS) is 13.8. The Morgan fingerprint density at radius 2 is 1.69 bits per heavy atom. The maximum absolute atomic E-state index is 11.9. The van der Waals surface area contributed by atoms with Crippen LogP contribution in [0.4, 0.5) is 10.5 Å². The Kier molecular flexibility index (Phi) is 14.1. The molecule has 2 amide bonds. The number of nitrogens with zero attached hydrogens (tertiary/aromatic N) is 2. The second-order valence-corrected chi connectivity index (χ2v) is 7.41. The first kappa shape index (κ1) is 24.7. The van der Waals surface area contributed by atoms with Crippen LogP contribution in [0.2, 0.25) is 0 Å². The van der Waals surface area contributed by atoms with Crippen LogP contribution >= 0.6 is 15.9 Å². The van der Waals surface area contributed by atoms with Gasteiger partial charge in [0.1, 0.15) is 0 Å². The Bertz CT molecular complexity index is 478. The van der Waals surface area contributed by atoms with Crippen LogP contribution in [0.3, 0.4) is 0 Å². The molecule has 1 heterocycles. The molecule has 5 nitrogen and oxygen atoms in total. The molecule has 150 valence electrons. The van der Waals surface area contributed by atoms with Gasteiger partial charge in [0.2, 0.25) is 0 Å². The Labute approximate surface area is 167 Å². The van der Waals surface area contributed by atoms with Gasteiger partial charge in [0.05, 0.1) is 6.61 Å². The van der Waals surface area contributed by atoms with Crippen molar-refractivity contribution in [3.8, 4) is 0 Å².